The molecule has 0 bridgehead atoms. The molecule has 96 valence electrons. The van der Waals surface area contributed by atoms with Crippen molar-refractivity contribution >= 4 is 9.84 Å². The average Bonchev–Trinajstić information content (AvgIpc) is 2.27. The number of benzene rings is 1. The van der Waals surface area contributed by atoms with Gasteiger partial charge in [-0.3, -0.25) is 4.90 Å². The van der Waals surface area contributed by atoms with Crippen molar-refractivity contribution in [3.63, 3.8) is 0 Å². The van der Waals surface area contributed by atoms with Crippen LogP contribution in [-0.2, 0) is 16.4 Å². The molecule has 0 heterocycles. The summed E-state index contributed by atoms with van der Waals surface area (Å²) in [5, 5.41) is -0.351. The van der Waals surface area contributed by atoms with E-state index >= 15 is 0 Å². The molecule has 0 amide bonds. The molecule has 0 spiro atoms. The molecule has 0 aliphatic rings. The molecule has 0 aliphatic heterocycles. The van der Waals surface area contributed by atoms with Gasteiger partial charge in [0, 0.05) is 18.8 Å². The SMILES string of the molecule is C[C@@H]([C@H](C)S(C)(=O)=O)N(C)Cc1ccccc1. The van der Waals surface area contributed by atoms with Crippen molar-refractivity contribution in [1.29, 1.82) is 0 Å². The topological polar surface area (TPSA) is 37.4 Å². The summed E-state index contributed by atoms with van der Waals surface area (Å²) >= 11 is 0. The fourth-order valence-corrected chi connectivity index (χ4v) is 2.65. The molecule has 0 aromatic heterocycles. The van der Waals surface area contributed by atoms with E-state index in [-0.39, 0.29) is 11.3 Å². The van der Waals surface area contributed by atoms with Crippen molar-refractivity contribution in [1.82, 2.24) is 4.90 Å². The normalized spacial score (nSPS) is 15.8. The van der Waals surface area contributed by atoms with Gasteiger partial charge in [-0.15, -0.1) is 0 Å². The number of hydrogen-bond acceptors (Lipinski definition) is 3. The second kappa shape index (κ2) is 5.65. The first kappa shape index (κ1) is 14.2. The zero-order valence-electron chi connectivity index (χ0n) is 10.9. The number of hydrogen-bond donors (Lipinski definition) is 0. The van der Waals surface area contributed by atoms with E-state index in [0.717, 1.165) is 6.54 Å². The maximum Gasteiger partial charge on any atom is 0.151 e. The third-order valence-electron chi connectivity index (χ3n) is 3.32. The molecular weight excluding hydrogens is 234 g/mol. The molecule has 0 fully saturated rings. The predicted molar refractivity (Wildman–Crippen MR) is 71.7 cm³/mol. The van der Waals surface area contributed by atoms with E-state index in [0.29, 0.717) is 0 Å². The Morgan fingerprint density at radius 2 is 1.71 bits per heavy atom. The minimum atomic E-state index is -2.98. The van der Waals surface area contributed by atoms with Gasteiger partial charge in [0.1, 0.15) is 0 Å². The van der Waals surface area contributed by atoms with Crippen molar-refractivity contribution in [3.8, 4) is 0 Å². The Kier molecular flexibility index (Phi) is 4.71. The van der Waals surface area contributed by atoms with Gasteiger partial charge in [0.05, 0.1) is 5.25 Å². The molecule has 0 unspecified atom stereocenters. The van der Waals surface area contributed by atoms with E-state index in [1.54, 1.807) is 6.92 Å². The summed E-state index contributed by atoms with van der Waals surface area (Å²) in [6, 6.07) is 10.1. The number of sulfone groups is 1. The monoisotopic (exact) mass is 255 g/mol. The molecule has 4 heteroatoms. The predicted octanol–water partition coefficient (Wildman–Crippen LogP) is 1.94. The van der Waals surface area contributed by atoms with Crippen LogP contribution in [0.2, 0.25) is 0 Å². The highest BCUT2D eigenvalue weighted by molar-refractivity contribution is 7.91. The first-order valence-corrected chi connectivity index (χ1v) is 7.71. The minimum absolute atomic E-state index is 0.00482. The smallest absolute Gasteiger partial charge is 0.151 e. The Hall–Kier alpha value is -0.870. The van der Waals surface area contributed by atoms with E-state index in [2.05, 4.69) is 4.90 Å². The van der Waals surface area contributed by atoms with Crippen LogP contribution in [0, 0.1) is 0 Å². The lowest BCUT2D eigenvalue weighted by Gasteiger charge is -2.28. The summed E-state index contributed by atoms with van der Waals surface area (Å²) in [5.41, 5.74) is 1.20. The third-order valence-corrected chi connectivity index (χ3v) is 5.07. The highest BCUT2D eigenvalue weighted by atomic mass is 32.2. The average molecular weight is 255 g/mol. The van der Waals surface area contributed by atoms with Gasteiger partial charge in [0.15, 0.2) is 9.84 Å². The van der Waals surface area contributed by atoms with E-state index in [1.807, 2.05) is 44.3 Å². The molecule has 3 nitrogen and oxygen atoms in total. The Labute approximate surface area is 104 Å². The Morgan fingerprint density at radius 3 is 2.18 bits per heavy atom. The van der Waals surface area contributed by atoms with Crippen LogP contribution >= 0.6 is 0 Å². The molecular formula is C13H21NO2S. The van der Waals surface area contributed by atoms with Gasteiger partial charge >= 0.3 is 0 Å². The second-order valence-corrected chi connectivity index (χ2v) is 7.08. The minimum Gasteiger partial charge on any atom is -0.298 e. The van der Waals surface area contributed by atoms with E-state index < -0.39 is 9.84 Å². The molecule has 0 radical (unpaired) electrons. The van der Waals surface area contributed by atoms with Gasteiger partial charge in [0.25, 0.3) is 0 Å². The van der Waals surface area contributed by atoms with E-state index in [4.69, 9.17) is 0 Å². The summed E-state index contributed by atoms with van der Waals surface area (Å²) in [7, 11) is -1.02. The summed E-state index contributed by atoms with van der Waals surface area (Å²) in [4.78, 5) is 2.07. The van der Waals surface area contributed by atoms with Crippen LogP contribution in [0.25, 0.3) is 0 Å². The van der Waals surface area contributed by atoms with Crippen LogP contribution in [0.3, 0.4) is 0 Å². The second-order valence-electron chi connectivity index (χ2n) is 4.68. The van der Waals surface area contributed by atoms with Crippen molar-refractivity contribution in [2.75, 3.05) is 13.3 Å². The van der Waals surface area contributed by atoms with Crippen LogP contribution in [0.4, 0.5) is 0 Å². The third kappa shape index (κ3) is 4.13. The lowest BCUT2D eigenvalue weighted by molar-refractivity contribution is 0.245. The zero-order chi connectivity index (χ0) is 13.1. The largest absolute Gasteiger partial charge is 0.298 e. The molecule has 0 saturated heterocycles. The standard InChI is InChI=1S/C13H21NO2S/c1-11(12(2)17(4,15)16)14(3)10-13-8-6-5-7-9-13/h5-9,11-12H,10H2,1-4H3/t11-,12-/m0/s1. The summed E-state index contributed by atoms with van der Waals surface area (Å²) in [5.74, 6) is 0. The van der Waals surface area contributed by atoms with Gasteiger partial charge in [-0.25, -0.2) is 8.42 Å². The zero-order valence-corrected chi connectivity index (χ0v) is 11.7. The highest BCUT2D eigenvalue weighted by Crippen LogP contribution is 2.13. The first-order chi connectivity index (χ1) is 7.82. The molecule has 1 rings (SSSR count). The highest BCUT2D eigenvalue weighted by Gasteiger charge is 2.25. The van der Waals surface area contributed by atoms with Crippen molar-refractivity contribution < 1.29 is 8.42 Å². The molecule has 0 aliphatic carbocycles. The van der Waals surface area contributed by atoms with Crippen LogP contribution < -0.4 is 0 Å². The van der Waals surface area contributed by atoms with Crippen molar-refractivity contribution in [3.05, 3.63) is 35.9 Å². The Morgan fingerprint density at radius 1 is 1.18 bits per heavy atom. The fraction of sp³-hybridized carbons (Fsp3) is 0.538. The van der Waals surface area contributed by atoms with Gasteiger partial charge in [-0.05, 0) is 26.5 Å². The van der Waals surface area contributed by atoms with Gasteiger partial charge < -0.3 is 0 Å². The number of nitrogens with zero attached hydrogens (tertiary/aromatic N) is 1. The van der Waals surface area contributed by atoms with E-state index in [1.165, 1.54) is 11.8 Å². The fourth-order valence-electron chi connectivity index (χ4n) is 1.73. The molecule has 1 aromatic rings. The molecule has 17 heavy (non-hydrogen) atoms. The Bertz CT molecular complexity index is 442. The molecule has 0 saturated carbocycles. The van der Waals surface area contributed by atoms with Gasteiger partial charge in [0.2, 0.25) is 0 Å². The maximum absolute atomic E-state index is 11.5. The van der Waals surface area contributed by atoms with Gasteiger partial charge in [-0.1, -0.05) is 30.3 Å². The maximum atomic E-state index is 11.5. The van der Waals surface area contributed by atoms with Crippen LogP contribution in [0.15, 0.2) is 30.3 Å². The van der Waals surface area contributed by atoms with Crippen LogP contribution in [0.1, 0.15) is 19.4 Å². The summed E-state index contributed by atoms with van der Waals surface area (Å²) in [6.45, 7) is 4.48. The first-order valence-electron chi connectivity index (χ1n) is 5.75. The lowest BCUT2D eigenvalue weighted by atomic mass is 10.1. The summed E-state index contributed by atoms with van der Waals surface area (Å²) < 4.78 is 23.0. The van der Waals surface area contributed by atoms with Crippen LogP contribution in [0.5, 0.6) is 0 Å². The van der Waals surface area contributed by atoms with Crippen molar-refractivity contribution in [2.24, 2.45) is 0 Å². The van der Waals surface area contributed by atoms with Crippen LogP contribution in [-0.4, -0.2) is 37.9 Å². The molecule has 1 aromatic carbocycles. The number of rotatable bonds is 5. The van der Waals surface area contributed by atoms with Crippen molar-refractivity contribution in [2.45, 2.75) is 31.7 Å². The van der Waals surface area contributed by atoms with Gasteiger partial charge in [-0.2, -0.15) is 0 Å². The lowest BCUT2D eigenvalue weighted by Crippen LogP contribution is -2.40. The Balaban J connectivity index is 2.68. The molecule has 2 atom stereocenters. The molecule has 0 N–H and O–H groups in total. The van der Waals surface area contributed by atoms with E-state index in [9.17, 15) is 8.42 Å². The quantitative estimate of drug-likeness (QED) is 0.807. The summed E-state index contributed by atoms with van der Waals surface area (Å²) in [6.07, 6.45) is 1.30.